The van der Waals surface area contributed by atoms with Gasteiger partial charge in [0.05, 0.1) is 0 Å². The molecule has 0 radical (unpaired) electrons. The molecule has 2 aromatic rings. The molecule has 0 saturated carbocycles. The van der Waals surface area contributed by atoms with Crippen LogP contribution in [0.25, 0.3) is 11.0 Å². The van der Waals surface area contributed by atoms with E-state index in [1.54, 1.807) is 12.1 Å². The smallest absolute Gasteiger partial charge is 0.154 e. The van der Waals surface area contributed by atoms with Crippen molar-refractivity contribution in [1.29, 1.82) is 0 Å². The fourth-order valence-corrected chi connectivity index (χ4v) is 1.33. The van der Waals surface area contributed by atoms with Gasteiger partial charge >= 0.3 is 0 Å². The van der Waals surface area contributed by atoms with Gasteiger partial charge < -0.3 is 5.11 Å². The summed E-state index contributed by atoms with van der Waals surface area (Å²) in [5, 5.41) is 19.3. The highest BCUT2D eigenvalue weighted by Crippen LogP contribution is 2.25. The minimum absolute atomic E-state index is 0.128. The number of phenolic OH excluding ortho intramolecular Hbond substituents is 1. The van der Waals surface area contributed by atoms with Crippen LogP contribution in [0.5, 0.6) is 5.75 Å². The first kappa shape index (κ1) is 6.60. The molecule has 2 rings (SSSR count). The van der Waals surface area contributed by atoms with Gasteiger partial charge in [0.2, 0.25) is 0 Å². The number of aromatic hydroxyl groups is 1. The van der Waals surface area contributed by atoms with Crippen molar-refractivity contribution in [2.45, 2.75) is 0 Å². The molecular weight excluding hydrogens is 210 g/mol. The SMILES string of the molecule is Oc1cc(Br)cc2n[nH]nc12. The zero-order chi connectivity index (χ0) is 7.84. The molecule has 0 aliphatic heterocycles. The third-order valence-corrected chi connectivity index (χ3v) is 1.82. The summed E-state index contributed by atoms with van der Waals surface area (Å²) in [6, 6.07) is 3.35. The number of hydrogen-bond acceptors (Lipinski definition) is 3. The lowest BCUT2D eigenvalue weighted by molar-refractivity contribution is 0.480. The van der Waals surface area contributed by atoms with E-state index < -0.39 is 0 Å². The van der Waals surface area contributed by atoms with E-state index in [1.807, 2.05) is 0 Å². The monoisotopic (exact) mass is 213 g/mol. The standard InChI is InChI=1S/C6H4BrN3O/c7-3-1-4-6(5(11)2-3)9-10-8-4/h1-2,11H,(H,8,9,10). The van der Waals surface area contributed by atoms with Crippen molar-refractivity contribution in [2.24, 2.45) is 0 Å². The highest BCUT2D eigenvalue weighted by Gasteiger charge is 2.04. The summed E-state index contributed by atoms with van der Waals surface area (Å²) < 4.78 is 0.788. The van der Waals surface area contributed by atoms with Gasteiger partial charge in [0, 0.05) is 4.47 Å². The van der Waals surface area contributed by atoms with Crippen LogP contribution in [0.15, 0.2) is 16.6 Å². The molecule has 0 saturated heterocycles. The first-order valence-corrected chi connectivity index (χ1v) is 3.75. The summed E-state index contributed by atoms with van der Waals surface area (Å²) in [5.74, 6) is 0.128. The molecule has 0 fully saturated rings. The Labute approximate surface area is 70.4 Å². The Balaban J connectivity index is 2.91. The first-order chi connectivity index (χ1) is 5.27. The number of nitrogens with one attached hydrogen (secondary N) is 1. The zero-order valence-electron chi connectivity index (χ0n) is 5.37. The summed E-state index contributed by atoms with van der Waals surface area (Å²) >= 11 is 3.23. The van der Waals surface area contributed by atoms with Gasteiger partial charge in [0.1, 0.15) is 11.3 Å². The predicted octanol–water partition coefficient (Wildman–Crippen LogP) is 1.43. The van der Waals surface area contributed by atoms with Crippen LogP contribution in [0.4, 0.5) is 0 Å². The minimum atomic E-state index is 0.128. The number of hydrogen-bond donors (Lipinski definition) is 2. The Hall–Kier alpha value is -1.10. The lowest BCUT2D eigenvalue weighted by atomic mass is 10.3. The molecule has 0 atom stereocenters. The quantitative estimate of drug-likeness (QED) is 0.697. The summed E-state index contributed by atoms with van der Waals surface area (Å²) in [4.78, 5) is 0. The average molecular weight is 214 g/mol. The molecule has 56 valence electrons. The number of fused-ring (bicyclic) bond motifs is 1. The molecule has 0 amide bonds. The Morgan fingerprint density at radius 1 is 1.36 bits per heavy atom. The lowest BCUT2D eigenvalue weighted by Crippen LogP contribution is -1.71. The van der Waals surface area contributed by atoms with Crippen LogP contribution in [-0.2, 0) is 0 Å². The van der Waals surface area contributed by atoms with E-state index in [9.17, 15) is 5.11 Å². The number of benzene rings is 1. The van der Waals surface area contributed by atoms with E-state index in [0.717, 1.165) is 4.47 Å². The van der Waals surface area contributed by atoms with E-state index in [-0.39, 0.29) is 5.75 Å². The van der Waals surface area contributed by atoms with Gasteiger partial charge in [-0.1, -0.05) is 15.9 Å². The maximum Gasteiger partial charge on any atom is 0.154 e. The Morgan fingerprint density at radius 2 is 2.18 bits per heavy atom. The highest BCUT2D eigenvalue weighted by molar-refractivity contribution is 9.10. The van der Waals surface area contributed by atoms with Crippen molar-refractivity contribution in [2.75, 3.05) is 0 Å². The molecule has 4 nitrogen and oxygen atoms in total. The molecule has 0 spiro atoms. The van der Waals surface area contributed by atoms with Crippen molar-refractivity contribution in [3.8, 4) is 5.75 Å². The van der Waals surface area contributed by atoms with Gasteiger partial charge in [-0.25, -0.2) is 0 Å². The van der Waals surface area contributed by atoms with Crippen molar-refractivity contribution >= 4 is 27.0 Å². The van der Waals surface area contributed by atoms with Crippen LogP contribution >= 0.6 is 15.9 Å². The second-order valence-electron chi connectivity index (χ2n) is 2.12. The van der Waals surface area contributed by atoms with Crippen LogP contribution in [0.1, 0.15) is 0 Å². The maximum absolute atomic E-state index is 9.29. The zero-order valence-corrected chi connectivity index (χ0v) is 6.96. The first-order valence-electron chi connectivity index (χ1n) is 2.96. The number of phenols is 1. The topological polar surface area (TPSA) is 61.8 Å². The number of H-pyrrole nitrogens is 1. The van der Waals surface area contributed by atoms with E-state index >= 15 is 0 Å². The van der Waals surface area contributed by atoms with Gasteiger partial charge in [0.25, 0.3) is 0 Å². The van der Waals surface area contributed by atoms with Gasteiger partial charge in [0.15, 0.2) is 5.52 Å². The van der Waals surface area contributed by atoms with E-state index in [4.69, 9.17) is 0 Å². The van der Waals surface area contributed by atoms with Crippen LogP contribution in [0, 0.1) is 0 Å². The minimum Gasteiger partial charge on any atom is -0.505 e. The average Bonchev–Trinajstić information content (AvgIpc) is 2.34. The van der Waals surface area contributed by atoms with Crippen molar-refractivity contribution in [3.05, 3.63) is 16.6 Å². The van der Waals surface area contributed by atoms with Crippen molar-refractivity contribution in [3.63, 3.8) is 0 Å². The van der Waals surface area contributed by atoms with Crippen LogP contribution in [0.2, 0.25) is 0 Å². The van der Waals surface area contributed by atoms with E-state index in [0.29, 0.717) is 11.0 Å². The van der Waals surface area contributed by atoms with Crippen LogP contribution in [-0.4, -0.2) is 20.5 Å². The third-order valence-electron chi connectivity index (χ3n) is 1.37. The Bertz CT molecular complexity index is 398. The van der Waals surface area contributed by atoms with Gasteiger partial charge in [-0.15, -0.1) is 0 Å². The predicted molar refractivity (Wildman–Crippen MR) is 43.3 cm³/mol. The number of halogens is 1. The van der Waals surface area contributed by atoms with Gasteiger partial charge in [-0.05, 0) is 12.1 Å². The maximum atomic E-state index is 9.29. The van der Waals surface area contributed by atoms with Crippen LogP contribution < -0.4 is 0 Å². The van der Waals surface area contributed by atoms with Gasteiger partial charge in [-0.2, -0.15) is 15.4 Å². The van der Waals surface area contributed by atoms with Crippen molar-refractivity contribution < 1.29 is 5.11 Å². The summed E-state index contributed by atoms with van der Waals surface area (Å²) in [7, 11) is 0. The highest BCUT2D eigenvalue weighted by atomic mass is 79.9. The lowest BCUT2D eigenvalue weighted by Gasteiger charge is -1.92. The molecule has 2 N–H and O–H groups in total. The molecule has 1 aromatic heterocycles. The molecule has 5 heteroatoms. The number of aromatic amines is 1. The van der Waals surface area contributed by atoms with Crippen LogP contribution in [0.3, 0.4) is 0 Å². The number of rotatable bonds is 0. The molecule has 1 aromatic carbocycles. The van der Waals surface area contributed by atoms with Crippen molar-refractivity contribution in [1.82, 2.24) is 15.4 Å². The fraction of sp³-hybridized carbons (Fsp3) is 0. The second-order valence-corrected chi connectivity index (χ2v) is 3.03. The number of aromatic nitrogens is 3. The van der Waals surface area contributed by atoms with Gasteiger partial charge in [-0.3, -0.25) is 0 Å². The summed E-state index contributed by atoms with van der Waals surface area (Å²) in [6.45, 7) is 0. The van der Waals surface area contributed by atoms with E-state index in [1.165, 1.54) is 0 Å². The molecule has 11 heavy (non-hydrogen) atoms. The summed E-state index contributed by atoms with van der Waals surface area (Å²) in [6.07, 6.45) is 0. The Kier molecular flexibility index (Phi) is 1.32. The fourth-order valence-electron chi connectivity index (χ4n) is 0.899. The third kappa shape index (κ3) is 0.970. The molecular formula is C6H4BrN3O. The largest absolute Gasteiger partial charge is 0.505 e. The molecule has 0 aliphatic rings. The molecule has 0 aliphatic carbocycles. The molecule has 0 unspecified atom stereocenters. The number of nitrogens with zero attached hydrogens (tertiary/aromatic N) is 2. The molecule has 1 heterocycles. The normalized spacial score (nSPS) is 10.6. The molecule has 0 bridgehead atoms. The van der Waals surface area contributed by atoms with E-state index in [2.05, 4.69) is 31.3 Å². The Morgan fingerprint density at radius 3 is 3.00 bits per heavy atom. The summed E-state index contributed by atoms with van der Waals surface area (Å²) in [5.41, 5.74) is 1.14. The second kappa shape index (κ2) is 2.20.